The molecule has 2 rings (SSSR count). The minimum atomic E-state index is -0.661. The summed E-state index contributed by atoms with van der Waals surface area (Å²) in [4.78, 5) is 0. The Labute approximate surface area is 94.2 Å². The maximum Gasteiger partial charge on any atom is 0.0802 e. The standard InChI is InChI=1S/C12H13ClN2/c13-11-8-10(14)6-7-12(11,15)9-4-2-1-3-5-9/h1-8,11H,14-15H2. The van der Waals surface area contributed by atoms with E-state index in [0.717, 1.165) is 5.56 Å². The van der Waals surface area contributed by atoms with Gasteiger partial charge in [-0.25, -0.2) is 0 Å². The van der Waals surface area contributed by atoms with Gasteiger partial charge in [-0.1, -0.05) is 36.4 Å². The highest BCUT2D eigenvalue weighted by atomic mass is 35.5. The van der Waals surface area contributed by atoms with Gasteiger partial charge in [-0.2, -0.15) is 0 Å². The first-order chi connectivity index (χ1) is 7.13. The zero-order valence-corrected chi connectivity index (χ0v) is 8.98. The predicted octanol–water partition coefficient (Wildman–Crippen LogP) is 1.86. The summed E-state index contributed by atoms with van der Waals surface area (Å²) >= 11 is 6.22. The van der Waals surface area contributed by atoms with E-state index in [1.807, 2.05) is 36.4 Å². The summed E-state index contributed by atoms with van der Waals surface area (Å²) in [7, 11) is 0. The highest BCUT2D eigenvalue weighted by Gasteiger charge is 2.33. The largest absolute Gasteiger partial charge is 0.399 e. The Morgan fingerprint density at radius 2 is 1.87 bits per heavy atom. The molecule has 2 nitrogen and oxygen atoms in total. The number of halogens is 1. The molecular formula is C12H13ClN2. The van der Waals surface area contributed by atoms with Gasteiger partial charge in [0.15, 0.2) is 0 Å². The molecular weight excluding hydrogens is 208 g/mol. The lowest BCUT2D eigenvalue weighted by molar-refractivity contribution is 0.569. The first-order valence-electron chi connectivity index (χ1n) is 4.78. The predicted molar refractivity (Wildman–Crippen MR) is 63.4 cm³/mol. The molecule has 0 bridgehead atoms. The van der Waals surface area contributed by atoms with E-state index in [1.54, 1.807) is 12.2 Å². The van der Waals surface area contributed by atoms with Crippen molar-refractivity contribution in [2.24, 2.45) is 11.5 Å². The molecule has 0 saturated carbocycles. The van der Waals surface area contributed by atoms with Crippen molar-refractivity contribution >= 4 is 11.6 Å². The van der Waals surface area contributed by atoms with E-state index in [4.69, 9.17) is 23.1 Å². The number of allylic oxidation sites excluding steroid dienone is 1. The summed E-state index contributed by atoms with van der Waals surface area (Å²) < 4.78 is 0. The van der Waals surface area contributed by atoms with Gasteiger partial charge in [-0.15, -0.1) is 11.6 Å². The molecule has 78 valence electrons. The van der Waals surface area contributed by atoms with Crippen LogP contribution in [0.15, 0.2) is 54.3 Å². The monoisotopic (exact) mass is 220 g/mol. The average molecular weight is 221 g/mol. The molecule has 1 aliphatic rings. The first-order valence-corrected chi connectivity index (χ1v) is 5.21. The third kappa shape index (κ3) is 1.78. The van der Waals surface area contributed by atoms with Gasteiger partial charge in [0.2, 0.25) is 0 Å². The van der Waals surface area contributed by atoms with Gasteiger partial charge >= 0.3 is 0 Å². The number of rotatable bonds is 1. The Morgan fingerprint density at radius 3 is 2.47 bits per heavy atom. The number of nitrogens with two attached hydrogens (primary N) is 2. The zero-order chi connectivity index (χ0) is 10.9. The maximum absolute atomic E-state index is 6.27. The smallest absolute Gasteiger partial charge is 0.0802 e. The van der Waals surface area contributed by atoms with Crippen LogP contribution >= 0.6 is 11.6 Å². The number of hydrogen-bond donors (Lipinski definition) is 2. The van der Waals surface area contributed by atoms with Crippen molar-refractivity contribution in [3.63, 3.8) is 0 Å². The molecule has 1 aliphatic carbocycles. The SMILES string of the molecule is NC1=CC(Cl)C(N)(c2ccccc2)C=C1. The lowest BCUT2D eigenvalue weighted by atomic mass is 9.84. The fourth-order valence-corrected chi connectivity index (χ4v) is 2.01. The second-order valence-electron chi connectivity index (χ2n) is 3.70. The van der Waals surface area contributed by atoms with Crippen LogP contribution < -0.4 is 11.5 Å². The van der Waals surface area contributed by atoms with Gasteiger partial charge in [0.1, 0.15) is 0 Å². The van der Waals surface area contributed by atoms with Crippen LogP contribution in [0.4, 0.5) is 0 Å². The van der Waals surface area contributed by atoms with Crippen LogP contribution in [0.2, 0.25) is 0 Å². The second-order valence-corrected chi connectivity index (χ2v) is 4.17. The van der Waals surface area contributed by atoms with Crippen molar-refractivity contribution in [1.82, 2.24) is 0 Å². The van der Waals surface area contributed by atoms with Gasteiger partial charge in [0.05, 0.1) is 10.9 Å². The van der Waals surface area contributed by atoms with Crippen molar-refractivity contribution in [2.75, 3.05) is 0 Å². The average Bonchev–Trinajstić information content (AvgIpc) is 2.25. The molecule has 0 saturated heterocycles. The lowest BCUT2D eigenvalue weighted by Crippen LogP contribution is -2.44. The van der Waals surface area contributed by atoms with Crippen LogP contribution in [-0.2, 0) is 5.54 Å². The summed E-state index contributed by atoms with van der Waals surface area (Å²) in [5.74, 6) is 0. The summed E-state index contributed by atoms with van der Waals surface area (Å²) in [6.45, 7) is 0. The second kappa shape index (κ2) is 3.72. The first kappa shape index (κ1) is 10.3. The van der Waals surface area contributed by atoms with Crippen LogP contribution in [0, 0.1) is 0 Å². The van der Waals surface area contributed by atoms with Gasteiger partial charge in [-0.3, -0.25) is 0 Å². The summed E-state index contributed by atoms with van der Waals surface area (Å²) in [6, 6.07) is 9.78. The fraction of sp³-hybridized carbons (Fsp3) is 0.167. The number of alkyl halides is 1. The van der Waals surface area contributed by atoms with Crippen molar-refractivity contribution in [3.05, 3.63) is 59.8 Å². The van der Waals surface area contributed by atoms with Crippen molar-refractivity contribution < 1.29 is 0 Å². The van der Waals surface area contributed by atoms with E-state index in [1.165, 1.54) is 0 Å². The summed E-state index contributed by atoms with van der Waals surface area (Å²) in [6.07, 6.45) is 5.43. The van der Waals surface area contributed by atoms with E-state index in [-0.39, 0.29) is 5.38 Å². The Kier molecular flexibility index (Phi) is 2.55. The number of benzene rings is 1. The van der Waals surface area contributed by atoms with Gasteiger partial charge in [0, 0.05) is 5.70 Å². The van der Waals surface area contributed by atoms with Crippen molar-refractivity contribution in [3.8, 4) is 0 Å². The molecule has 0 spiro atoms. The minimum Gasteiger partial charge on any atom is -0.399 e. The van der Waals surface area contributed by atoms with Crippen LogP contribution in [0.5, 0.6) is 0 Å². The zero-order valence-electron chi connectivity index (χ0n) is 8.23. The number of hydrogen-bond acceptors (Lipinski definition) is 2. The lowest BCUT2D eigenvalue weighted by Gasteiger charge is -2.32. The minimum absolute atomic E-state index is 0.315. The van der Waals surface area contributed by atoms with Gasteiger partial charge < -0.3 is 11.5 Å². The normalized spacial score (nSPS) is 30.0. The Morgan fingerprint density at radius 1 is 1.20 bits per heavy atom. The topological polar surface area (TPSA) is 52.0 Å². The molecule has 1 aromatic rings. The third-order valence-electron chi connectivity index (χ3n) is 2.62. The summed E-state index contributed by atoms with van der Waals surface area (Å²) in [5, 5.41) is -0.315. The van der Waals surface area contributed by atoms with E-state index in [0.29, 0.717) is 5.70 Å². The molecule has 15 heavy (non-hydrogen) atoms. The molecule has 0 aromatic heterocycles. The Hall–Kier alpha value is -1.25. The molecule has 0 aliphatic heterocycles. The summed E-state index contributed by atoms with van der Waals surface area (Å²) in [5.41, 5.74) is 12.9. The molecule has 2 atom stereocenters. The molecule has 0 heterocycles. The van der Waals surface area contributed by atoms with E-state index in [2.05, 4.69) is 0 Å². The van der Waals surface area contributed by atoms with E-state index < -0.39 is 5.54 Å². The molecule has 1 aromatic carbocycles. The molecule has 4 N–H and O–H groups in total. The molecule has 0 amide bonds. The van der Waals surface area contributed by atoms with E-state index in [9.17, 15) is 0 Å². The van der Waals surface area contributed by atoms with Crippen LogP contribution in [-0.4, -0.2) is 5.38 Å². The van der Waals surface area contributed by atoms with Gasteiger partial charge in [0.25, 0.3) is 0 Å². The fourth-order valence-electron chi connectivity index (χ4n) is 1.67. The molecule has 0 radical (unpaired) electrons. The molecule has 0 fully saturated rings. The third-order valence-corrected chi connectivity index (χ3v) is 3.11. The van der Waals surface area contributed by atoms with Crippen molar-refractivity contribution in [1.29, 1.82) is 0 Å². The molecule has 3 heteroatoms. The van der Waals surface area contributed by atoms with Gasteiger partial charge in [-0.05, 0) is 17.7 Å². The van der Waals surface area contributed by atoms with Crippen molar-refractivity contribution in [2.45, 2.75) is 10.9 Å². The quantitative estimate of drug-likeness (QED) is 0.710. The Bertz CT molecular complexity index is 411. The highest BCUT2D eigenvalue weighted by molar-refractivity contribution is 6.23. The Balaban J connectivity index is 2.41. The molecule has 2 unspecified atom stereocenters. The van der Waals surface area contributed by atoms with Crippen LogP contribution in [0.1, 0.15) is 5.56 Å². The van der Waals surface area contributed by atoms with Crippen LogP contribution in [0.25, 0.3) is 0 Å². The maximum atomic E-state index is 6.27. The van der Waals surface area contributed by atoms with Crippen LogP contribution in [0.3, 0.4) is 0 Å². The van der Waals surface area contributed by atoms with E-state index >= 15 is 0 Å². The highest BCUT2D eigenvalue weighted by Crippen LogP contribution is 2.31.